The van der Waals surface area contributed by atoms with Crippen molar-refractivity contribution in [1.29, 1.82) is 0 Å². The van der Waals surface area contributed by atoms with Crippen LogP contribution >= 0.6 is 0 Å². The zero-order valence-corrected chi connectivity index (χ0v) is 9.56. The molecule has 4 atom stereocenters. The van der Waals surface area contributed by atoms with Crippen LogP contribution in [0, 0.1) is 0 Å². The quantitative estimate of drug-likeness (QED) is 0.719. The molecule has 2 rings (SSSR count). The summed E-state index contributed by atoms with van der Waals surface area (Å²) in [5.41, 5.74) is 0. The van der Waals surface area contributed by atoms with Crippen molar-refractivity contribution in [3.63, 3.8) is 0 Å². The molecule has 0 aliphatic carbocycles. The molecule has 0 spiro atoms. The van der Waals surface area contributed by atoms with Gasteiger partial charge >= 0.3 is 11.8 Å². The Morgan fingerprint density at radius 1 is 0.947 bits per heavy atom. The van der Waals surface area contributed by atoms with Crippen LogP contribution in [0.15, 0.2) is 0 Å². The van der Waals surface area contributed by atoms with E-state index < -0.39 is 41.5 Å². The Hall–Kier alpha value is -0.870. The summed E-state index contributed by atoms with van der Waals surface area (Å²) in [7, 11) is 0.877. The van der Waals surface area contributed by atoms with Crippen LogP contribution in [0.25, 0.3) is 0 Å². The van der Waals surface area contributed by atoms with Crippen molar-refractivity contribution < 1.29 is 45.3 Å². The maximum absolute atomic E-state index is 13.7. The highest BCUT2D eigenvalue weighted by molar-refractivity contribution is 5.91. The molecule has 2 bridgehead atoms. The Bertz CT molecular complexity index is 393. The molecule has 0 radical (unpaired) electrons. The van der Waals surface area contributed by atoms with E-state index in [1.54, 1.807) is 0 Å². The summed E-state index contributed by atoms with van der Waals surface area (Å²) < 4.78 is 94.2. The van der Waals surface area contributed by atoms with Gasteiger partial charge in [-0.3, -0.25) is 4.79 Å². The first-order valence-electron chi connectivity index (χ1n) is 4.93. The molecule has 2 heterocycles. The molecule has 0 aromatic heterocycles. The minimum Gasteiger partial charge on any atom is -0.345 e. The molecule has 0 aromatic carbocycles. The fourth-order valence-corrected chi connectivity index (χ4v) is 2.26. The highest BCUT2D eigenvalue weighted by Crippen LogP contribution is 2.64. The number of carbonyl (C=O) groups excluding carboxylic acids is 1. The number of ether oxygens (including phenoxy) is 3. The van der Waals surface area contributed by atoms with Crippen LogP contribution < -0.4 is 0 Å². The lowest BCUT2D eigenvalue weighted by atomic mass is 9.99. The monoisotopic (exact) mass is 294 g/mol. The number of methoxy groups -OCH3 is 2. The van der Waals surface area contributed by atoms with Crippen molar-refractivity contribution in [3.8, 4) is 0 Å². The molecule has 110 valence electrons. The van der Waals surface area contributed by atoms with Gasteiger partial charge in [0, 0.05) is 14.2 Å². The molecule has 0 amide bonds. The Kier molecular flexibility index (Phi) is 2.76. The van der Waals surface area contributed by atoms with Crippen LogP contribution in [0.4, 0.5) is 26.3 Å². The third kappa shape index (κ3) is 1.16. The molecule has 2 aliphatic heterocycles. The van der Waals surface area contributed by atoms with E-state index in [1.165, 1.54) is 0 Å². The third-order valence-corrected chi connectivity index (χ3v) is 3.35. The van der Waals surface area contributed by atoms with Crippen LogP contribution in [0.2, 0.25) is 0 Å². The van der Waals surface area contributed by atoms with E-state index >= 15 is 0 Å². The van der Waals surface area contributed by atoms with Gasteiger partial charge in [0.15, 0.2) is 0 Å². The van der Waals surface area contributed by atoms with Crippen LogP contribution in [0.5, 0.6) is 0 Å². The standard InChI is InChI=1S/C9H8F6O4/c1-17-6-4(10)3(16)5(11)7(18-2,19-6)9(14,15)8(6,12)13/h4-5H,1-2H3. The van der Waals surface area contributed by atoms with Gasteiger partial charge in [-0.25, -0.2) is 8.78 Å². The molecule has 2 saturated heterocycles. The van der Waals surface area contributed by atoms with Crippen molar-refractivity contribution in [2.75, 3.05) is 14.2 Å². The summed E-state index contributed by atoms with van der Waals surface area (Å²) in [5, 5.41) is 0. The molecule has 2 aliphatic rings. The molecular weight excluding hydrogens is 286 g/mol. The lowest BCUT2D eigenvalue weighted by Gasteiger charge is -2.39. The number of halogens is 6. The first kappa shape index (κ1) is 14.5. The van der Waals surface area contributed by atoms with Crippen LogP contribution in [0.1, 0.15) is 0 Å². The van der Waals surface area contributed by atoms with Crippen molar-refractivity contribution >= 4 is 5.78 Å². The molecular formula is C9H8F6O4. The number of hydrogen-bond acceptors (Lipinski definition) is 4. The second-order valence-electron chi connectivity index (χ2n) is 4.12. The second-order valence-corrected chi connectivity index (χ2v) is 4.12. The predicted molar refractivity (Wildman–Crippen MR) is 45.3 cm³/mol. The first-order valence-corrected chi connectivity index (χ1v) is 4.93. The van der Waals surface area contributed by atoms with E-state index in [4.69, 9.17) is 0 Å². The number of fused-ring (bicyclic) bond motifs is 2. The molecule has 0 saturated carbocycles. The van der Waals surface area contributed by atoms with Crippen molar-refractivity contribution in [1.82, 2.24) is 0 Å². The van der Waals surface area contributed by atoms with E-state index in [0.717, 1.165) is 0 Å². The summed E-state index contributed by atoms with van der Waals surface area (Å²) in [6, 6.07) is 0. The van der Waals surface area contributed by atoms with E-state index in [0.29, 0.717) is 14.2 Å². The molecule has 0 N–H and O–H groups in total. The maximum atomic E-state index is 13.7. The Morgan fingerprint density at radius 2 is 1.26 bits per heavy atom. The lowest BCUT2D eigenvalue weighted by Crippen LogP contribution is -2.64. The van der Waals surface area contributed by atoms with Crippen LogP contribution in [-0.2, 0) is 19.0 Å². The normalized spacial score (nSPS) is 47.5. The minimum absolute atomic E-state index is 0.439. The summed E-state index contributed by atoms with van der Waals surface area (Å²) in [6.45, 7) is 0. The number of carbonyl (C=O) groups is 1. The zero-order chi connectivity index (χ0) is 14.9. The molecule has 4 nitrogen and oxygen atoms in total. The summed E-state index contributed by atoms with van der Waals surface area (Å²) in [6.07, 6.45) is -6.83. The van der Waals surface area contributed by atoms with E-state index in [1.807, 2.05) is 0 Å². The maximum Gasteiger partial charge on any atom is 0.371 e. The van der Waals surface area contributed by atoms with Crippen LogP contribution in [0.3, 0.4) is 0 Å². The fraction of sp³-hybridized carbons (Fsp3) is 0.889. The minimum atomic E-state index is -5.30. The van der Waals surface area contributed by atoms with E-state index in [-0.39, 0.29) is 0 Å². The average molecular weight is 294 g/mol. The van der Waals surface area contributed by atoms with Gasteiger partial charge in [0.2, 0.25) is 18.1 Å². The third-order valence-electron chi connectivity index (χ3n) is 3.35. The van der Waals surface area contributed by atoms with Gasteiger partial charge in [0.1, 0.15) is 0 Å². The van der Waals surface area contributed by atoms with E-state index in [9.17, 15) is 31.1 Å². The van der Waals surface area contributed by atoms with E-state index in [2.05, 4.69) is 14.2 Å². The Labute approximate surface area is 102 Å². The van der Waals surface area contributed by atoms with Crippen molar-refractivity contribution in [2.45, 2.75) is 35.8 Å². The van der Waals surface area contributed by atoms with Gasteiger partial charge in [-0.05, 0) is 0 Å². The van der Waals surface area contributed by atoms with Crippen molar-refractivity contribution in [3.05, 3.63) is 0 Å². The summed E-state index contributed by atoms with van der Waals surface area (Å²) in [5.74, 6) is -20.6. The topological polar surface area (TPSA) is 44.8 Å². The Morgan fingerprint density at radius 3 is 1.53 bits per heavy atom. The van der Waals surface area contributed by atoms with Crippen molar-refractivity contribution in [2.24, 2.45) is 0 Å². The molecule has 0 aromatic rings. The second kappa shape index (κ2) is 3.61. The van der Waals surface area contributed by atoms with Gasteiger partial charge in [-0.2, -0.15) is 17.6 Å². The van der Waals surface area contributed by atoms with Gasteiger partial charge < -0.3 is 14.2 Å². The number of hydrogen-bond donors (Lipinski definition) is 0. The molecule has 19 heavy (non-hydrogen) atoms. The van der Waals surface area contributed by atoms with Gasteiger partial charge in [-0.15, -0.1) is 0 Å². The largest absolute Gasteiger partial charge is 0.371 e. The zero-order valence-electron chi connectivity index (χ0n) is 9.56. The lowest BCUT2D eigenvalue weighted by molar-refractivity contribution is -0.379. The molecule has 10 heteroatoms. The van der Waals surface area contributed by atoms with Gasteiger partial charge in [0.25, 0.3) is 11.6 Å². The van der Waals surface area contributed by atoms with Gasteiger partial charge in [-0.1, -0.05) is 0 Å². The Balaban J connectivity index is 2.76. The highest BCUT2D eigenvalue weighted by atomic mass is 19.3. The average Bonchev–Trinajstić information content (AvgIpc) is 2.48. The van der Waals surface area contributed by atoms with Gasteiger partial charge in [0.05, 0.1) is 0 Å². The first-order chi connectivity index (χ1) is 8.55. The predicted octanol–water partition coefficient (Wildman–Crippen LogP) is 1.23. The number of rotatable bonds is 2. The fourth-order valence-electron chi connectivity index (χ4n) is 2.26. The number of alkyl halides is 6. The molecule has 4 unspecified atom stereocenters. The SMILES string of the molecule is COC12OC(OC)(C(F)C(=O)C1F)C(F)(F)C2(F)F. The number of ketones is 1. The summed E-state index contributed by atoms with van der Waals surface area (Å²) in [4.78, 5) is 11.2. The number of Topliss-reactive ketones (excluding diaryl/α,β-unsaturated/α-hetero) is 1. The summed E-state index contributed by atoms with van der Waals surface area (Å²) >= 11 is 0. The molecule has 2 fully saturated rings. The van der Waals surface area contributed by atoms with Crippen LogP contribution in [-0.4, -0.2) is 55.8 Å². The smallest absolute Gasteiger partial charge is 0.345 e. The highest BCUT2D eigenvalue weighted by Gasteiger charge is 2.95.